The SMILES string of the molecule is CN1CCN(C[C@@H](CC(=O)Nc2cccc3cccnc23)C(=O)O)CC1. The number of likely N-dealkylation sites (N-methyl/N-ethyl adjacent to an activating group) is 1. The van der Waals surface area contributed by atoms with E-state index in [1.165, 1.54) is 0 Å². The number of hydrogen-bond acceptors (Lipinski definition) is 5. The molecule has 1 aromatic carbocycles. The maximum Gasteiger partial charge on any atom is 0.308 e. The molecule has 26 heavy (non-hydrogen) atoms. The first-order valence-corrected chi connectivity index (χ1v) is 8.80. The summed E-state index contributed by atoms with van der Waals surface area (Å²) in [6.07, 6.45) is 1.62. The third-order valence-electron chi connectivity index (χ3n) is 4.76. The first kappa shape index (κ1) is 18.3. The first-order valence-electron chi connectivity index (χ1n) is 8.80. The largest absolute Gasteiger partial charge is 0.481 e. The molecule has 0 aliphatic carbocycles. The van der Waals surface area contributed by atoms with Crippen LogP contribution in [0.1, 0.15) is 6.42 Å². The van der Waals surface area contributed by atoms with Crippen LogP contribution >= 0.6 is 0 Å². The van der Waals surface area contributed by atoms with E-state index in [9.17, 15) is 14.7 Å². The lowest BCUT2D eigenvalue weighted by Gasteiger charge is -2.33. The number of para-hydroxylation sites is 1. The molecule has 7 heteroatoms. The summed E-state index contributed by atoms with van der Waals surface area (Å²) in [6, 6.07) is 9.31. The molecule has 2 aromatic rings. The van der Waals surface area contributed by atoms with E-state index in [2.05, 4.69) is 27.1 Å². The van der Waals surface area contributed by atoms with Gasteiger partial charge in [0, 0.05) is 50.7 Å². The monoisotopic (exact) mass is 356 g/mol. The summed E-state index contributed by atoms with van der Waals surface area (Å²) in [6.45, 7) is 3.88. The van der Waals surface area contributed by atoms with Crippen molar-refractivity contribution < 1.29 is 14.7 Å². The van der Waals surface area contributed by atoms with E-state index in [0.717, 1.165) is 31.6 Å². The van der Waals surface area contributed by atoms with Crippen LogP contribution < -0.4 is 5.32 Å². The number of nitrogens with zero attached hydrogens (tertiary/aromatic N) is 3. The third kappa shape index (κ3) is 4.56. The molecule has 2 N–H and O–H groups in total. The van der Waals surface area contributed by atoms with Crippen molar-refractivity contribution in [3.8, 4) is 0 Å². The second-order valence-electron chi connectivity index (χ2n) is 6.77. The lowest BCUT2D eigenvalue weighted by Crippen LogP contribution is -2.47. The van der Waals surface area contributed by atoms with Crippen LogP contribution in [0.5, 0.6) is 0 Å². The van der Waals surface area contributed by atoms with Crippen LogP contribution in [0.2, 0.25) is 0 Å². The number of carbonyl (C=O) groups is 2. The average molecular weight is 356 g/mol. The van der Waals surface area contributed by atoms with Crippen molar-refractivity contribution in [2.24, 2.45) is 5.92 Å². The number of carboxylic acids is 1. The molecular weight excluding hydrogens is 332 g/mol. The minimum atomic E-state index is -0.935. The fourth-order valence-electron chi connectivity index (χ4n) is 3.20. The Kier molecular flexibility index (Phi) is 5.80. The predicted molar refractivity (Wildman–Crippen MR) is 100 cm³/mol. The Labute approximate surface area is 152 Å². The number of anilines is 1. The van der Waals surface area contributed by atoms with Gasteiger partial charge in [-0.15, -0.1) is 0 Å². The minimum absolute atomic E-state index is 0.0507. The highest BCUT2D eigenvalue weighted by Crippen LogP contribution is 2.21. The van der Waals surface area contributed by atoms with Gasteiger partial charge in [0.15, 0.2) is 0 Å². The fraction of sp³-hybridized carbons (Fsp3) is 0.421. The quantitative estimate of drug-likeness (QED) is 0.816. The minimum Gasteiger partial charge on any atom is -0.481 e. The van der Waals surface area contributed by atoms with Gasteiger partial charge in [-0.1, -0.05) is 18.2 Å². The lowest BCUT2D eigenvalue weighted by atomic mass is 10.0. The van der Waals surface area contributed by atoms with Crippen LogP contribution in [0.25, 0.3) is 10.9 Å². The third-order valence-corrected chi connectivity index (χ3v) is 4.76. The van der Waals surface area contributed by atoms with E-state index in [4.69, 9.17) is 0 Å². The number of aromatic nitrogens is 1. The Morgan fingerprint density at radius 3 is 2.65 bits per heavy atom. The lowest BCUT2D eigenvalue weighted by molar-refractivity contribution is -0.144. The molecule has 1 aromatic heterocycles. The van der Waals surface area contributed by atoms with E-state index in [1.54, 1.807) is 12.3 Å². The highest BCUT2D eigenvalue weighted by atomic mass is 16.4. The summed E-state index contributed by atoms with van der Waals surface area (Å²) in [5.74, 6) is -1.96. The number of carboxylic acid groups (broad SMARTS) is 1. The Morgan fingerprint density at radius 1 is 1.19 bits per heavy atom. The molecule has 7 nitrogen and oxygen atoms in total. The smallest absolute Gasteiger partial charge is 0.308 e. The second-order valence-corrected chi connectivity index (χ2v) is 6.77. The van der Waals surface area contributed by atoms with E-state index in [0.29, 0.717) is 17.7 Å². The maximum absolute atomic E-state index is 12.4. The molecular formula is C19H24N4O3. The number of rotatable bonds is 6. The molecule has 1 aliphatic rings. The van der Waals surface area contributed by atoms with E-state index < -0.39 is 11.9 Å². The van der Waals surface area contributed by atoms with Gasteiger partial charge in [0.2, 0.25) is 5.91 Å². The normalized spacial score (nSPS) is 17.1. The first-order chi connectivity index (χ1) is 12.5. The van der Waals surface area contributed by atoms with Gasteiger partial charge in [0.25, 0.3) is 0 Å². The molecule has 1 aliphatic heterocycles. The standard InChI is InChI=1S/C19H24N4O3/c1-22-8-10-23(11-9-22)13-15(19(25)26)12-17(24)21-16-6-2-4-14-5-3-7-20-18(14)16/h2-7,15H,8-13H2,1H3,(H,21,24)(H,25,26)/t15-/m1/s1. The number of amides is 1. The summed E-state index contributed by atoms with van der Waals surface area (Å²) in [4.78, 5) is 32.7. The number of benzene rings is 1. The van der Waals surface area contributed by atoms with Crippen molar-refractivity contribution in [2.75, 3.05) is 45.1 Å². The van der Waals surface area contributed by atoms with Gasteiger partial charge in [-0.05, 0) is 19.2 Å². The van der Waals surface area contributed by atoms with Crippen molar-refractivity contribution in [1.29, 1.82) is 0 Å². The number of pyridine rings is 1. The van der Waals surface area contributed by atoms with Crippen LogP contribution in [0.15, 0.2) is 36.5 Å². The van der Waals surface area contributed by atoms with Crippen molar-refractivity contribution in [2.45, 2.75) is 6.42 Å². The maximum atomic E-state index is 12.4. The van der Waals surface area contributed by atoms with Crippen LogP contribution in [0.3, 0.4) is 0 Å². The van der Waals surface area contributed by atoms with Gasteiger partial charge in [-0.2, -0.15) is 0 Å². The average Bonchev–Trinajstić information content (AvgIpc) is 2.63. The van der Waals surface area contributed by atoms with Gasteiger partial charge in [0.05, 0.1) is 17.1 Å². The van der Waals surface area contributed by atoms with E-state index in [-0.39, 0.29) is 12.3 Å². The van der Waals surface area contributed by atoms with Crippen LogP contribution in [-0.2, 0) is 9.59 Å². The van der Waals surface area contributed by atoms with Crippen molar-refractivity contribution in [1.82, 2.24) is 14.8 Å². The highest BCUT2D eigenvalue weighted by Gasteiger charge is 2.26. The van der Waals surface area contributed by atoms with Crippen molar-refractivity contribution in [3.05, 3.63) is 36.5 Å². The highest BCUT2D eigenvalue weighted by molar-refractivity contribution is 6.01. The zero-order valence-corrected chi connectivity index (χ0v) is 14.9. The van der Waals surface area contributed by atoms with Gasteiger partial charge in [-0.3, -0.25) is 19.5 Å². The van der Waals surface area contributed by atoms with Gasteiger partial charge >= 0.3 is 5.97 Å². The zero-order chi connectivity index (χ0) is 18.5. The molecule has 1 fully saturated rings. The number of hydrogen-bond donors (Lipinski definition) is 2. The van der Waals surface area contributed by atoms with Crippen LogP contribution in [0, 0.1) is 5.92 Å². The molecule has 0 saturated carbocycles. The number of piperazine rings is 1. The molecule has 0 spiro atoms. The molecule has 1 atom stereocenters. The molecule has 1 saturated heterocycles. The molecule has 1 amide bonds. The van der Waals surface area contributed by atoms with Crippen molar-refractivity contribution in [3.63, 3.8) is 0 Å². The van der Waals surface area contributed by atoms with Gasteiger partial charge in [-0.25, -0.2) is 0 Å². The fourth-order valence-corrected chi connectivity index (χ4v) is 3.20. The van der Waals surface area contributed by atoms with E-state index >= 15 is 0 Å². The number of aliphatic carboxylic acids is 1. The van der Waals surface area contributed by atoms with Gasteiger partial charge in [0.1, 0.15) is 0 Å². The summed E-state index contributed by atoms with van der Waals surface area (Å²) >= 11 is 0. The predicted octanol–water partition coefficient (Wildman–Crippen LogP) is 1.51. The summed E-state index contributed by atoms with van der Waals surface area (Å²) in [5.41, 5.74) is 1.31. The van der Waals surface area contributed by atoms with Crippen LogP contribution in [-0.4, -0.2) is 71.5 Å². The molecule has 3 rings (SSSR count). The summed E-state index contributed by atoms with van der Waals surface area (Å²) < 4.78 is 0. The Balaban J connectivity index is 1.63. The second kappa shape index (κ2) is 8.25. The Hall–Kier alpha value is -2.51. The Morgan fingerprint density at radius 2 is 1.92 bits per heavy atom. The number of carbonyl (C=O) groups excluding carboxylic acids is 1. The topological polar surface area (TPSA) is 85.8 Å². The number of fused-ring (bicyclic) bond motifs is 1. The Bertz CT molecular complexity index is 782. The van der Waals surface area contributed by atoms with E-state index in [1.807, 2.05) is 24.3 Å². The molecule has 0 bridgehead atoms. The van der Waals surface area contributed by atoms with Crippen LogP contribution in [0.4, 0.5) is 5.69 Å². The molecule has 0 unspecified atom stereocenters. The van der Waals surface area contributed by atoms with Gasteiger partial charge < -0.3 is 15.3 Å². The molecule has 138 valence electrons. The summed E-state index contributed by atoms with van der Waals surface area (Å²) in [7, 11) is 2.05. The summed E-state index contributed by atoms with van der Waals surface area (Å²) in [5, 5.41) is 13.3. The molecule has 2 heterocycles. The molecule has 0 radical (unpaired) electrons. The number of nitrogens with one attached hydrogen (secondary N) is 1. The van der Waals surface area contributed by atoms with Crippen molar-refractivity contribution >= 4 is 28.5 Å². The zero-order valence-electron chi connectivity index (χ0n) is 14.9.